The summed E-state index contributed by atoms with van der Waals surface area (Å²) in [6.07, 6.45) is 0. The summed E-state index contributed by atoms with van der Waals surface area (Å²) in [6, 6.07) is 0.0731. The molecule has 0 heterocycles. The summed E-state index contributed by atoms with van der Waals surface area (Å²) >= 11 is 0. The van der Waals surface area contributed by atoms with Crippen molar-refractivity contribution in [2.45, 2.75) is 26.8 Å². The summed E-state index contributed by atoms with van der Waals surface area (Å²) < 4.78 is 0. The number of carbonyl (C=O) groups excluding carboxylic acids is 1. The van der Waals surface area contributed by atoms with Gasteiger partial charge in [0.05, 0.1) is 0 Å². The first-order valence-electron chi connectivity index (χ1n) is 3.54. The highest BCUT2D eigenvalue weighted by Gasteiger charge is 2.06. The van der Waals surface area contributed by atoms with Crippen LogP contribution < -0.4 is 11.1 Å². The molecule has 0 aromatic rings. The van der Waals surface area contributed by atoms with Gasteiger partial charge in [-0.25, -0.2) is 0 Å². The highest BCUT2D eigenvalue weighted by Crippen LogP contribution is 1.95. The minimum absolute atomic E-state index is 0.0175. The molecular formula is C7H16N2O. The van der Waals surface area contributed by atoms with Gasteiger partial charge in [0, 0.05) is 19.5 Å². The Labute approximate surface area is 62.0 Å². The number of rotatable bonds is 3. The second-order valence-corrected chi connectivity index (χ2v) is 2.84. The third kappa shape index (κ3) is 4.32. The summed E-state index contributed by atoms with van der Waals surface area (Å²) in [5.74, 6) is 0.406. The standard InChI is InChI=1S/C7H16N2O/c1-5(2)7(8)4-9-6(3)10/h5,7H,4,8H2,1-3H3,(H,9,10). The maximum Gasteiger partial charge on any atom is 0.216 e. The van der Waals surface area contributed by atoms with Crippen LogP contribution in [0.3, 0.4) is 0 Å². The Morgan fingerprint density at radius 3 is 2.40 bits per heavy atom. The van der Waals surface area contributed by atoms with E-state index >= 15 is 0 Å². The number of hydrogen-bond acceptors (Lipinski definition) is 2. The van der Waals surface area contributed by atoms with Crippen LogP contribution in [0.2, 0.25) is 0 Å². The summed E-state index contributed by atoms with van der Waals surface area (Å²) in [5.41, 5.74) is 5.65. The third-order valence-corrected chi connectivity index (χ3v) is 1.44. The molecule has 1 amide bonds. The zero-order chi connectivity index (χ0) is 8.15. The van der Waals surface area contributed by atoms with E-state index in [2.05, 4.69) is 5.32 Å². The molecule has 1 atom stereocenters. The Hall–Kier alpha value is -0.570. The van der Waals surface area contributed by atoms with E-state index < -0.39 is 0 Å². The first kappa shape index (κ1) is 9.43. The van der Waals surface area contributed by atoms with Crippen molar-refractivity contribution in [2.75, 3.05) is 6.54 Å². The number of nitrogens with two attached hydrogens (primary N) is 1. The van der Waals surface area contributed by atoms with Gasteiger partial charge < -0.3 is 11.1 Å². The van der Waals surface area contributed by atoms with E-state index in [4.69, 9.17) is 5.73 Å². The van der Waals surface area contributed by atoms with Crippen molar-refractivity contribution in [2.24, 2.45) is 11.7 Å². The smallest absolute Gasteiger partial charge is 0.216 e. The average molecular weight is 144 g/mol. The van der Waals surface area contributed by atoms with Crippen LogP contribution in [0.25, 0.3) is 0 Å². The van der Waals surface area contributed by atoms with Crippen molar-refractivity contribution in [1.82, 2.24) is 5.32 Å². The molecular weight excluding hydrogens is 128 g/mol. The fraction of sp³-hybridized carbons (Fsp3) is 0.857. The lowest BCUT2D eigenvalue weighted by molar-refractivity contribution is -0.119. The average Bonchev–Trinajstić information content (AvgIpc) is 1.82. The van der Waals surface area contributed by atoms with Gasteiger partial charge in [-0.2, -0.15) is 0 Å². The van der Waals surface area contributed by atoms with Crippen molar-refractivity contribution in [3.8, 4) is 0 Å². The van der Waals surface area contributed by atoms with Crippen LogP contribution in [0, 0.1) is 5.92 Å². The molecule has 0 aliphatic rings. The Kier molecular flexibility index (Phi) is 4.03. The molecule has 3 heteroatoms. The van der Waals surface area contributed by atoms with Gasteiger partial charge in [0.25, 0.3) is 0 Å². The van der Waals surface area contributed by atoms with Gasteiger partial charge in [-0.3, -0.25) is 4.79 Å². The minimum Gasteiger partial charge on any atom is -0.355 e. The van der Waals surface area contributed by atoms with Crippen LogP contribution in [-0.4, -0.2) is 18.5 Å². The maximum atomic E-state index is 10.4. The monoisotopic (exact) mass is 144 g/mol. The molecule has 0 rings (SSSR count). The Bertz CT molecular complexity index is 112. The maximum absolute atomic E-state index is 10.4. The molecule has 0 saturated heterocycles. The second-order valence-electron chi connectivity index (χ2n) is 2.84. The lowest BCUT2D eigenvalue weighted by atomic mass is 10.1. The molecule has 0 aliphatic heterocycles. The molecule has 1 unspecified atom stereocenters. The van der Waals surface area contributed by atoms with Crippen LogP contribution in [0.1, 0.15) is 20.8 Å². The Morgan fingerprint density at radius 2 is 2.10 bits per heavy atom. The topological polar surface area (TPSA) is 55.1 Å². The third-order valence-electron chi connectivity index (χ3n) is 1.44. The number of amides is 1. The molecule has 60 valence electrons. The van der Waals surface area contributed by atoms with E-state index in [0.29, 0.717) is 12.5 Å². The summed E-state index contributed by atoms with van der Waals surface area (Å²) in [6.45, 7) is 6.14. The van der Waals surface area contributed by atoms with Gasteiger partial charge in [0.1, 0.15) is 0 Å². The molecule has 3 nitrogen and oxygen atoms in total. The van der Waals surface area contributed by atoms with Crippen molar-refractivity contribution in [3.63, 3.8) is 0 Å². The van der Waals surface area contributed by atoms with E-state index in [9.17, 15) is 4.79 Å². The number of nitrogens with one attached hydrogen (secondary N) is 1. The quantitative estimate of drug-likeness (QED) is 0.590. The molecule has 0 bridgehead atoms. The van der Waals surface area contributed by atoms with Gasteiger partial charge in [-0.1, -0.05) is 13.8 Å². The van der Waals surface area contributed by atoms with Gasteiger partial charge in [-0.05, 0) is 5.92 Å². The van der Waals surface area contributed by atoms with Crippen LogP contribution >= 0.6 is 0 Å². The molecule has 0 spiro atoms. The van der Waals surface area contributed by atoms with E-state index in [1.54, 1.807) is 0 Å². The van der Waals surface area contributed by atoms with E-state index in [1.807, 2.05) is 13.8 Å². The molecule has 0 fully saturated rings. The molecule has 10 heavy (non-hydrogen) atoms. The Balaban J connectivity index is 3.39. The number of carbonyl (C=O) groups is 1. The minimum atomic E-state index is -0.0175. The normalized spacial score (nSPS) is 13.3. The fourth-order valence-electron chi connectivity index (χ4n) is 0.497. The van der Waals surface area contributed by atoms with Crippen LogP contribution in [0.15, 0.2) is 0 Å². The molecule has 3 N–H and O–H groups in total. The predicted molar refractivity (Wildman–Crippen MR) is 41.5 cm³/mol. The molecule has 0 radical (unpaired) electrons. The SMILES string of the molecule is CC(=O)NCC(N)C(C)C. The molecule has 0 aliphatic carbocycles. The van der Waals surface area contributed by atoms with E-state index in [1.165, 1.54) is 6.92 Å². The molecule has 0 aromatic carbocycles. The van der Waals surface area contributed by atoms with Crippen molar-refractivity contribution in [1.29, 1.82) is 0 Å². The van der Waals surface area contributed by atoms with Crippen molar-refractivity contribution in [3.05, 3.63) is 0 Å². The largest absolute Gasteiger partial charge is 0.355 e. The fourth-order valence-corrected chi connectivity index (χ4v) is 0.497. The predicted octanol–water partition coefficient (Wildman–Crippen LogP) is 0.106. The number of hydrogen-bond donors (Lipinski definition) is 2. The van der Waals surface area contributed by atoms with Crippen molar-refractivity contribution < 1.29 is 4.79 Å². The van der Waals surface area contributed by atoms with Gasteiger partial charge in [0.15, 0.2) is 0 Å². The highest BCUT2D eigenvalue weighted by atomic mass is 16.1. The first-order chi connectivity index (χ1) is 4.54. The summed E-state index contributed by atoms with van der Waals surface area (Å²) in [7, 11) is 0. The highest BCUT2D eigenvalue weighted by molar-refractivity contribution is 5.72. The van der Waals surface area contributed by atoms with Crippen LogP contribution in [0.4, 0.5) is 0 Å². The van der Waals surface area contributed by atoms with Gasteiger partial charge >= 0.3 is 0 Å². The lowest BCUT2D eigenvalue weighted by Crippen LogP contribution is -2.39. The van der Waals surface area contributed by atoms with Crippen molar-refractivity contribution >= 4 is 5.91 Å². The molecule has 0 saturated carbocycles. The molecule has 0 aromatic heterocycles. The van der Waals surface area contributed by atoms with Crippen LogP contribution in [-0.2, 0) is 4.79 Å². The van der Waals surface area contributed by atoms with Gasteiger partial charge in [-0.15, -0.1) is 0 Å². The van der Waals surface area contributed by atoms with E-state index in [-0.39, 0.29) is 11.9 Å². The first-order valence-corrected chi connectivity index (χ1v) is 3.54. The van der Waals surface area contributed by atoms with Gasteiger partial charge in [0.2, 0.25) is 5.91 Å². The zero-order valence-electron chi connectivity index (χ0n) is 6.85. The van der Waals surface area contributed by atoms with Crippen LogP contribution in [0.5, 0.6) is 0 Å². The summed E-state index contributed by atoms with van der Waals surface area (Å²) in [4.78, 5) is 10.4. The van der Waals surface area contributed by atoms with E-state index in [0.717, 1.165) is 0 Å². The lowest BCUT2D eigenvalue weighted by Gasteiger charge is -2.14. The zero-order valence-corrected chi connectivity index (χ0v) is 6.85. The second kappa shape index (κ2) is 4.28. The summed E-state index contributed by atoms with van der Waals surface area (Å²) in [5, 5.41) is 2.66. The Morgan fingerprint density at radius 1 is 1.60 bits per heavy atom.